The van der Waals surface area contributed by atoms with Crippen molar-refractivity contribution in [2.45, 2.75) is 31.8 Å². The smallest absolute Gasteiger partial charge is 0.242 e. The molecule has 1 aromatic carbocycles. The van der Waals surface area contributed by atoms with Crippen LogP contribution >= 0.6 is 0 Å². The van der Waals surface area contributed by atoms with E-state index >= 15 is 0 Å². The number of aromatic nitrogens is 3. The van der Waals surface area contributed by atoms with Gasteiger partial charge in [-0.2, -0.15) is 4.98 Å². The Labute approximate surface area is 135 Å². The number of nitrogen functional groups attached to an aromatic ring is 1. The molecule has 0 amide bonds. The van der Waals surface area contributed by atoms with Gasteiger partial charge in [-0.3, -0.25) is 0 Å². The molecule has 0 unspecified atom stereocenters. The zero-order chi connectivity index (χ0) is 15.8. The Hall–Kier alpha value is -2.56. The van der Waals surface area contributed by atoms with Crippen molar-refractivity contribution >= 4 is 16.7 Å². The molecule has 3 aromatic rings. The van der Waals surface area contributed by atoms with E-state index in [-0.39, 0.29) is 6.10 Å². The lowest BCUT2D eigenvalue weighted by Crippen LogP contribution is -2.12. The fourth-order valence-electron chi connectivity index (χ4n) is 3.32. The van der Waals surface area contributed by atoms with E-state index in [9.17, 15) is 0 Å². The normalized spacial score (nSPS) is 15.3. The van der Waals surface area contributed by atoms with Gasteiger partial charge in [-0.15, -0.1) is 0 Å². The summed E-state index contributed by atoms with van der Waals surface area (Å²) in [5, 5.41) is 0. The molecule has 5 nitrogen and oxygen atoms in total. The van der Waals surface area contributed by atoms with Gasteiger partial charge < -0.3 is 15.0 Å². The van der Waals surface area contributed by atoms with Crippen LogP contribution < -0.4 is 10.5 Å². The number of fused-ring (bicyclic) bond motifs is 1. The molecule has 118 valence electrons. The monoisotopic (exact) mass is 308 g/mol. The Balaban J connectivity index is 1.80. The largest absolute Gasteiger partial charge is 0.473 e. The molecule has 0 aliphatic heterocycles. The Morgan fingerprint density at radius 3 is 2.61 bits per heavy atom. The van der Waals surface area contributed by atoms with Crippen molar-refractivity contribution in [3.63, 3.8) is 0 Å². The van der Waals surface area contributed by atoms with Crippen LogP contribution in [0.15, 0.2) is 36.8 Å². The molecule has 0 saturated heterocycles. The molecule has 1 aliphatic carbocycles. The molecule has 1 aliphatic rings. The lowest BCUT2D eigenvalue weighted by Gasteiger charge is -2.13. The Morgan fingerprint density at radius 2 is 1.87 bits per heavy atom. The highest BCUT2D eigenvalue weighted by Gasteiger charge is 2.21. The molecule has 2 heterocycles. The second-order valence-electron chi connectivity index (χ2n) is 6.18. The van der Waals surface area contributed by atoms with Crippen LogP contribution in [0.3, 0.4) is 0 Å². The number of benzene rings is 1. The van der Waals surface area contributed by atoms with Crippen LogP contribution in [0.5, 0.6) is 5.88 Å². The van der Waals surface area contributed by atoms with Gasteiger partial charge in [0.1, 0.15) is 23.5 Å². The summed E-state index contributed by atoms with van der Waals surface area (Å²) in [6.45, 7) is 0. The molecule has 0 atom stereocenters. The van der Waals surface area contributed by atoms with Crippen LogP contribution in [0.1, 0.15) is 25.7 Å². The maximum absolute atomic E-state index is 6.15. The van der Waals surface area contributed by atoms with Crippen LogP contribution in [0.25, 0.3) is 22.2 Å². The number of hydrogen-bond donors (Lipinski definition) is 1. The van der Waals surface area contributed by atoms with Gasteiger partial charge in [0.2, 0.25) is 5.88 Å². The second kappa shape index (κ2) is 5.57. The highest BCUT2D eigenvalue weighted by Crippen LogP contribution is 2.34. The fourth-order valence-corrected chi connectivity index (χ4v) is 3.32. The molecule has 5 heteroatoms. The first-order chi connectivity index (χ1) is 11.2. The van der Waals surface area contributed by atoms with Crippen molar-refractivity contribution in [3.8, 4) is 17.0 Å². The molecule has 0 bridgehead atoms. The summed E-state index contributed by atoms with van der Waals surface area (Å²) in [6, 6.07) is 7.85. The SMILES string of the molecule is Cn1cc(-c2ccc(N)cc2)c2ncnc(OC3CCCC3)c21. The number of rotatable bonds is 3. The topological polar surface area (TPSA) is 66.0 Å². The minimum absolute atomic E-state index is 0.281. The predicted molar refractivity (Wildman–Crippen MR) is 91.2 cm³/mol. The van der Waals surface area contributed by atoms with Crippen molar-refractivity contribution in [3.05, 3.63) is 36.8 Å². The molecule has 4 rings (SSSR count). The van der Waals surface area contributed by atoms with Gasteiger partial charge in [0.15, 0.2) is 0 Å². The van der Waals surface area contributed by atoms with E-state index < -0.39 is 0 Å². The van der Waals surface area contributed by atoms with E-state index in [0.29, 0.717) is 5.88 Å². The van der Waals surface area contributed by atoms with Crippen LogP contribution in [0.4, 0.5) is 5.69 Å². The third-order valence-corrected chi connectivity index (χ3v) is 4.52. The summed E-state index contributed by atoms with van der Waals surface area (Å²) in [7, 11) is 2.01. The molecule has 1 saturated carbocycles. The number of ether oxygens (including phenoxy) is 1. The van der Waals surface area contributed by atoms with Gasteiger partial charge in [-0.25, -0.2) is 4.98 Å². The summed E-state index contributed by atoms with van der Waals surface area (Å²) in [5.41, 5.74) is 10.6. The zero-order valence-electron chi connectivity index (χ0n) is 13.2. The van der Waals surface area contributed by atoms with Gasteiger partial charge in [-0.1, -0.05) is 12.1 Å². The molecule has 23 heavy (non-hydrogen) atoms. The summed E-state index contributed by atoms with van der Waals surface area (Å²) in [5.74, 6) is 0.686. The van der Waals surface area contributed by atoms with Gasteiger partial charge in [0.05, 0.1) is 0 Å². The second-order valence-corrected chi connectivity index (χ2v) is 6.18. The standard InChI is InChI=1S/C18H20N4O/c1-22-10-15(12-6-8-13(19)9-7-12)16-17(22)18(21-11-20-16)23-14-4-2-3-5-14/h6-11,14H,2-5,19H2,1H3. The third-order valence-electron chi connectivity index (χ3n) is 4.52. The zero-order valence-corrected chi connectivity index (χ0v) is 13.2. The summed E-state index contributed by atoms with van der Waals surface area (Å²) in [4.78, 5) is 8.87. The molecule has 0 radical (unpaired) electrons. The van der Waals surface area contributed by atoms with Gasteiger partial charge in [0, 0.05) is 24.5 Å². The van der Waals surface area contributed by atoms with E-state index in [1.54, 1.807) is 6.33 Å². The molecular weight excluding hydrogens is 288 g/mol. The van der Waals surface area contributed by atoms with Crippen molar-refractivity contribution in [1.29, 1.82) is 0 Å². The average Bonchev–Trinajstić information content (AvgIpc) is 3.17. The lowest BCUT2D eigenvalue weighted by atomic mass is 10.1. The Kier molecular flexibility index (Phi) is 3.41. The minimum Gasteiger partial charge on any atom is -0.473 e. The van der Waals surface area contributed by atoms with E-state index in [4.69, 9.17) is 10.5 Å². The van der Waals surface area contributed by atoms with E-state index in [1.165, 1.54) is 12.8 Å². The highest BCUT2D eigenvalue weighted by atomic mass is 16.5. The maximum atomic E-state index is 6.15. The fraction of sp³-hybridized carbons (Fsp3) is 0.333. The summed E-state index contributed by atoms with van der Waals surface area (Å²) < 4.78 is 8.19. The van der Waals surface area contributed by atoms with E-state index in [0.717, 1.165) is 40.7 Å². The van der Waals surface area contributed by atoms with Crippen molar-refractivity contribution < 1.29 is 4.74 Å². The van der Waals surface area contributed by atoms with Crippen molar-refractivity contribution in [2.24, 2.45) is 7.05 Å². The van der Waals surface area contributed by atoms with Crippen molar-refractivity contribution in [1.82, 2.24) is 14.5 Å². The van der Waals surface area contributed by atoms with Gasteiger partial charge in [-0.05, 0) is 43.4 Å². The van der Waals surface area contributed by atoms with Crippen molar-refractivity contribution in [2.75, 3.05) is 5.73 Å². The minimum atomic E-state index is 0.281. The third kappa shape index (κ3) is 2.52. The first-order valence-electron chi connectivity index (χ1n) is 8.05. The van der Waals surface area contributed by atoms with Gasteiger partial charge in [0.25, 0.3) is 0 Å². The van der Waals surface area contributed by atoms with Crippen LogP contribution in [0, 0.1) is 0 Å². The molecule has 2 N–H and O–H groups in total. The van der Waals surface area contributed by atoms with Crippen LogP contribution in [0.2, 0.25) is 0 Å². The molecule has 2 aromatic heterocycles. The number of anilines is 1. The number of aryl methyl sites for hydroxylation is 1. The first kappa shape index (κ1) is 14.1. The summed E-state index contributed by atoms with van der Waals surface area (Å²) >= 11 is 0. The molecule has 1 fully saturated rings. The number of hydrogen-bond acceptors (Lipinski definition) is 4. The maximum Gasteiger partial charge on any atom is 0.242 e. The highest BCUT2D eigenvalue weighted by molar-refractivity contribution is 5.95. The van der Waals surface area contributed by atoms with Gasteiger partial charge >= 0.3 is 0 Å². The van der Waals surface area contributed by atoms with E-state index in [1.807, 2.05) is 35.9 Å². The first-order valence-corrected chi connectivity index (χ1v) is 8.05. The van der Waals surface area contributed by atoms with E-state index in [2.05, 4.69) is 16.2 Å². The predicted octanol–water partition coefficient (Wildman–Crippen LogP) is 3.54. The quantitative estimate of drug-likeness (QED) is 0.752. The molecular formula is C18H20N4O. The van der Waals surface area contributed by atoms with Crippen LogP contribution in [-0.2, 0) is 7.05 Å². The van der Waals surface area contributed by atoms with Crippen LogP contribution in [-0.4, -0.2) is 20.6 Å². The summed E-state index contributed by atoms with van der Waals surface area (Å²) in [6.07, 6.45) is 8.65. The Morgan fingerprint density at radius 1 is 1.13 bits per heavy atom. The molecule has 0 spiro atoms. The Bertz CT molecular complexity index is 832. The number of nitrogens with zero attached hydrogens (tertiary/aromatic N) is 3. The average molecular weight is 308 g/mol. The lowest BCUT2D eigenvalue weighted by molar-refractivity contribution is 0.203. The number of nitrogens with two attached hydrogens (primary N) is 1.